The molecular weight excluding hydrogens is 243 g/mol. The molecular formula is C12H18Cl2N2. The van der Waals surface area contributed by atoms with E-state index < -0.39 is 0 Å². The van der Waals surface area contributed by atoms with E-state index in [1.165, 1.54) is 0 Å². The molecule has 0 aliphatic rings. The molecule has 0 aromatic heterocycles. The predicted molar refractivity (Wildman–Crippen MR) is 72.4 cm³/mol. The molecule has 0 aliphatic carbocycles. The molecule has 0 saturated carbocycles. The second-order valence-electron chi connectivity index (χ2n) is 4.65. The molecule has 2 nitrogen and oxygen atoms in total. The first-order valence-corrected chi connectivity index (χ1v) is 6.10. The molecule has 0 atom stereocenters. The third-order valence-electron chi connectivity index (χ3n) is 2.62. The number of hydrogen-bond donors (Lipinski definition) is 2. The lowest BCUT2D eigenvalue weighted by Gasteiger charge is -2.22. The lowest BCUT2D eigenvalue weighted by atomic mass is 9.90. The van der Waals surface area contributed by atoms with E-state index in [9.17, 15) is 0 Å². The average molecular weight is 261 g/mol. The number of rotatable bonds is 5. The molecule has 0 spiro atoms. The Morgan fingerprint density at radius 2 is 2.00 bits per heavy atom. The predicted octanol–water partition coefficient (Wildman–Crippen LogP) is 3.78. The number of anilines is 1. The van der Waals surface area contributed by atoms with E-state index in [0.717, 1.165) is 18.7 Å². The van der Waals surface area contributed by atoms with Gasteiger partial charge < -0.3 is 11.1 Å². The zero-order valence-corrected chi connectivity index (χ0v) is 11.2. The van der Waals surface area contributed by atoms with Crippen LogP contribution in [-0.4, -0.2) is 13.1 Å². The number of nitrogens with two attached hydrogens (primary N) is 1. The van der Waals surface area contributed by atoms with E-state index in [1.807, 2.05) is 12.1 Å². The quantitative estimate of drug-likeness (QED) is 0.846. The van der Waals surface area contributed by atoms with Gasteiger partial charge in [-0.3, -0.25) is 0 Å². The summed E-state index contributed by atoms with van der Waals surface area (Å²) in [4.78, 5) is 0. The second-order valence-corrected chi connectivity index (χ2v) is 5.43. The maximum atomic E-state index is 6.06. The van der Waals surface area contributed by atoms with Gasteiger partial charge in [0, 0.05) is 6.54 Å². The molecule has 4 heteroatoms. The van der Waals surface area contributed by atoms with E-state index >= 15 is 0 Å². The fourth-order valence-electron chi connectivity index (χ4n) is 1.28. The molecule has 0 saturated heterocycles. The molecule has 1 aromatic rings. The minimum atomic E-state index is 0.151. The number of hydrogen-bond acceptors (Lipinski definition) is 2. The molecule has 0 unspecified atom stereocenters. The van der Waals surface area contributed by atoms with E-state index in [2.05, 4.69) is 19.2 Å². The molecule has 3 N–H and O–H groups in total. The maximum absolute atomic E-state index is 6.06. The normalized spacial score (nSPS) is 11.6. The number of nitrogens with one attached hydrogen (secondary N) is 1. The molecule has 0 fully saturated rings. The van der Waals surface area contributed by atoms with Gasteiger partial charge in [0.2, 0.25) is 0 Å². The van der Waals surface area contributed by atoms with E-state index in [0.29, 0.717) is 16.6 Å². The molecule has 0 heterocycles. The number of halogens is 2. The monoisotopic (exact) mass is 260 g/mol. The fraction of sp³-hybridized carbons (Fsp3) is 0.500. The van der Waals surface area contributed by atoms with Crippen LogP contribution in [0.15, 0.2) is 18.2 Å². The lowest BCUT2D eigenvalue weighted by Crippen LogP contribution is -2.26. The van der Waals surface area contributed by atoms with Crippen LogP contribution in [0.5, 0.6) is 0 Å². The second kappa shape index (κ2) is 5.76. The summed E-state index contributed by atoms with van der Waals surface area (Å²) in [6, 6.07) is 5.58. The summed E-state index contributed by atoms with van der Waals surface area (Å²) in [7, 11) is 0. The summed E-state index contributed by atoms with van der Waals surface area (Å²) in [5.41, 5.74) is 6.69. The highest BCUT2D eigenvalue weighted by molar-refractivity contribution is 6.43. The smallest absolute Gasteiger partial charge is 0.0823 e. The Labute approximate surface area is 107 Å². The third kappa shape index (κ3) is 3.85. The Balaban J connectivity index is 2.53. The van der Waals surface area contributed by atoms with Crippen molar-refractivity contribution in [2.45, 2.75) is 20.3 Å². The van der Waals surface area contributed by atoms with Gasteiger partial charge in [0.25, 0.3) is 0 Å². The van der Waals surface area contributed by atoms with Gasteiger partial charge in [-0.25, -0.2) is 0 Å². The summed E-state index contributed by atoms with van der Waals surface area (Å²) in [6.45, 7) is 5.81. The van der Waals surface area contributed by atoms with Gasteiger partial charge in [-0.1, -0.05) is 43.1 Å². The highest BCUT2D eigenvalue weighted by atomic mass is 35.5. The van der Waals surface area contributed by atoms with E-state index in [4.69, 9.17) is 28.9 Å². The highest BCUT2D eigenvalue weighted by Crippen LogP contribution is 2.29. The minimum absolute atomic E-state index is 0.151. The topological polar surface area (TPSA) is 38.0 Å². The average Bonchev–Trinajstić information content (AvgIpc) is 2.24. The first-order valence-electron chi connectivity index (χ1n) is 5.34. The van der Waals surface area contributed by atoms with Gasteiger partial charge in [0.15, 0.2) is 0 Å². The van der Waals surface area contributed by atoms with Crippen LogP contribution < -0.4 is 11.1 Å². The first-order chi connectivity index (χ1) is 7.46. The van der Waals surface area contributed by atoms with Gasteiger partial charge in [-0.15, -0.1) is 0 Å². The van der Waals surface area contributed by atoms with E-state index in [-0.39, 0.29) is 5.41 Å². The largest absolute Gasteiger partial charge is 0.384 e. The molecule has 1 rings (SSSR count). The van der Waals surface area contributed by atoms with Crippen molar-refractivity contribution in [2.24, 2.45) is 11.1 Å². The molecule has 0 aliphatic heterocycles. The van der Waals surface area contributed by atoms with Crippen LogP contribution >= 0.6 is 23.2 Å². The van der Waals surface area contributed by atoms with Crippen molar-refractivity contribution >= 4 is 28.9 Å². The lowest BCUT2D eigenvalue weighted by molar-refractivity contribution is 0.358. The summed E-state index contributed by atoms with van der Waals surface area (Å²) < 4.78 is 0. The van der Waals surface area contributed by atoms with Gasteiger partial charge >= 0.3 is 0 Å². The molecule has 0 radical (unpaired) electrons. The highest BCUT2D eigenvalue weighted by Gasteiger charge is 2.14. The van der Waals surface area contributed by atoms with Gasteiger partial charge in [-0.05, 0) is 30.5 Å². The van der Waals surface area contributed by atoms with Gasteiger partial charge in [0.05, 0.1) is 15.7 Å². The SMILES string of the molecule is CC(C)(CN)CCNc1cccc(Cl)c1Cl. The van der Waals surface area contributed by atoms with Crippen LogP contribution in [0.3, 0.4) is 0 Å². The van der Waals surface area contributed by atoms with E-state index in [1.54, 1.807) is 6.07 Å². The third-order valence-corrected chi connectivity index (χ3v) is 3.44. The van der Waals surface area contributed by atoms with Crippen molar-refractivity contribution in [3.63, 3.8) is 0 Å². The fourth-order valence-corrected chi connectivity index (χ4v) is 1.65. The summed E-state index contributed by atoms with van der Waals surface area (Å²) in [5.74, 6) is 0. The first kappa shape index (κ1) is 13.6. The van der Waals surface area contributed by atoms with Crippen molar-refractivity contribution in [2.75, 3.05) is 18.4 Å². The standard InChI is InChI=1S/C12H18Cl2N2/c1-12(2,8-15)6-7-16-10-5-3-4-9(13)11(10)14/h3-5,16H,6-8,15H2,1-2H3. The van der Waals surface area contributed by atoms with Crippen molar-refractivity contribution < 1.29 is 0 Å². The Bertz CT molecular complexity index is 351. The Morgan fingerprint density at radius 1 is 1.31 bits per heavy atom. The van der Waals surface area contributed by atoms with Gasteiger partial charge in [-0.2, -0.15) is 0 Å². The van der Waals surface area contributed by atoms with Crippen LogP contribution in [-0.2, 0) is 0 Å². The minimum Gasteiger partial charge on any atom is -0.384 e. The molecule has 1 aromatic carbocycles. The zero-order valence-electron chi connectivity index (χ0n) is 9.69. The maximum Gasteiger partial charge on any atom is 0.0823 e. The summed E-state index contributed by atoms with van der Waals surface area (Å²) in [6.07, 6.45) is 0.992. The van der Waals surface area contributed by atoms with Crippen molar-refractivity contribution in [1.29, 1.82) is 0 Å². The Kier molecular flexibility index (Phi) is 4.90. The molecule has 90 valence electrons. The summed E-state index contributed by atoms with van der Waals surface area (Å²) >= 11 is 12.0. The van der Waals surface area contributed by atoms with Gasteiger partial charge in [0.1, 0.15) is 0 Å². The Hall–Kier alpha value is -0.440. The molecule has 0 amide bonds. The van der Waals surface area contributed by atoms with Crippen LogP contribution in [0.25, 0.3) is 0 Å². The van der Waals surface area contributed by atoms with Crippen molar-refractivity contribution in [3.05, 3.63) is 28.2 Å². The number of benzene rings is 1. The molecule has 16 heavy (non-hydrogen) atoms. The summed E-state index contributed by atoms with van der Waals surface area (Å²) in [5, 5.41) is 4.42. The Morgan fingerprint density at radius 3 is 2.62 bits per heavy atom. The van der Waals surface area contributed by atoms with Crippen molar-refractivity contribution in [3.8, 4) is 0 Å². The van der Waals surface area contributed by atoms with Crippen molar-refractivity contribution in [1.82, 2.24) is 0 Å². The van der Waals surface area contributed by atoms with Crippen LogP contribution in [0.2, 0.25) is 10.0 Å². The van der Waals surface area contributed by atoms with Crippen LogP contribution in [0, 0.1) is 5.41 Å². The molecule has 0 bridgehead atoms. The van der Waals surface area contributed by atoms with Crippen LogP contribution in [0.1, 0.15) is 20.3 Å². The zero-order chi connectivity index (χ0) is 12.2. The van der Waals surface area contributed by atoms with Crippen LogP contribution in [0.4, 0.5) is 5.69 Å².